The van der Waals surface area contributed by atoms with Crippen molar-refractivity contribution in [1.29, 1.82) is 0 Å². The van der Waals surface area contributed by atoms with Gasteiger partial charge in [-0.3, -0.25) is 0 Å². The van der Waals surface area contributed by atoms with Crippen LogP contribution in [0.1, 0.15) is 41.6 Å². The Hall–Kier alpha value is -1.51. The molecule has 1 aromatic carbocycles. The number of rotatable bonds is 2. The minimum atomic E-state index is -0.794. The predicted molar refractivity (Wildman–Crippen MR) is 66.7 cm³/mol. The number of hydrogen-bond donors (Lipinski definition) is 1. The molecule has 1 heterocycles. The fourth-order valence-corrected chi connectivity index (χ4v) is 2.93. The summed E-state index contributed by atoms with van der Waals surface area (Å²) in [6, 6.07) is 6.34. The van der Waals surface area contributed by atoms with E-state index in [0.29, 0.717) is 11.6 Å². The van der Waals surface area contributed by atoms with Gasteiger partial charge in [0.25, 0.3) is 0 Å². The summed E-state index contributed by atoms with van der Waals surface area (Å²) >= 11 is 0. The number of fused-ring (bicyclic) bond motifs is 1. The number of carboxylic acid groups (broad SMARTS) is 1. The maximum atomic E-state index is 11.2. The van der Waals surface area contributed by atoms with Crippen molar-refractivity contribution < 1.29 is 9.90 Å². The van der Waals surface area contributed by atoms with Crippen molar-refractivity contribution in [2.24, 2.45) is 0 Å². The van der Waals surface area contributed by atoms with Crippen molar-refractivity contribution in [2.45, 2.75) is 38.1 Å². The van der Waals surface area contributed by atoms with Gasteiger partial charge >= 0.3 is 5.97 Å². The van der Waals surface area contributed by atoms with E-state index in [0.717, 1.165) is 24.9 Å². The van der Waals surface area contributed by atoms with Gasteiger partial charge in [0.2, 0.25) is 0 Å². The summed E-state index contributed by atoms with van der Waals surface area (Å²) in [5.74, 6) is -0.794. The average molecular weight is 231 g/mol. The Morgan fingerprint density at radius 1 is 1.29 bits per heavy atom. The van der Waals surface area contributed by atoms with Crippen LogP contribution < -0.4 is 4.90 Å². The van der Waals surface area contributed by atoms with E-state index in [-0.39, 0.29) is 0 Å². The van der Waals surface area contributed by atoms with Crippen LogP contribution in [0.5, 0.6) is 0 Å². The molecule has 1 N–H and O–H groups in total. The van der Waals surface area contributed by atoms with Crippen molar-refractivity contribution in [3.05, 3.63) is 29.3 Å². The van der Waals surface area contributed by atoms with E-state index in [1.807, 2.05) is 6.07 Å². The molecule has 1 aliphatic heterocycles. The number of hydrogen-bond acceptors (Lipinski definition) is 2. The average Bonchev–Trinajstić information content (AvgIpc) is 2.26. The minimum absolute atomic E-state index is 0.492. The molecular formula is C14H17NO2. The molecule has 2 aliphatic rings. The third kappa shape index (κ3) is 1.70. The van der Waals surface area contributed by atoms with Crippen LogP contribution >= 0.6 is 0 Å². The third-order valence-electron chi connectivity index (χ3n) is 4.03. The lowest BCUT2D eigenvalue weighted by molar-refractivity contribution is 0.0695. The summed E-state index contributed by atoms with van der Waals surface area (Å²) in [4.78, 5) is 13.6. The lowest BCUT2D eigenvalue weighted by atomic mass is 9.87. The molecule has 3 nitrogen and oxygen atoms in total. The van der Waals surface area contributed by atoms with E-state index in [1.165, 1.54) is 24.9 Å². The van der Waals surface area contributed by atoms with Crippen molar-refractivity contribution in [3.8, 4) is 0 Å². The number of aromatic carboxylic acids is 1. The molecule has 0 amide bonds. The highest BCUT2D eigenvalue weighted by Crippen LogP contribution is 2.36. The molecule has 1 aromatic rings. The van der Waals surface area contributed by atoms with Gasteiger partial charge in [0.15, 0.2) is 0 Å². The molecule has 0 unspecified atom stereocenters. The zero-order valence-electron chi connectivity index (χ0n) is 9.85. The summed E-state index contributed by atoms with van der Waals surface area (Å²) < 4.78 is 0. The van der Waals surface area contributed by atoms with Crippen LogP contribution in [-0.2, 0) is 6.42 Å². The van der Waals surface area contributed by atoms with Crippen molar-refractivity contribution >= 4 is 11.7 Å². The van der Waals surface area contributed by atoms with Crippen LogP contribution in [0.4, 0.5) is 5.69 Å². The Kier molecular flexibility index (Phi) is 2.54. The molecule has 0 radical (unpaired) electrons. The van der Waals surface area contributed by atoms with Crippen LogP contribution in [0, 0.1) is 0 Å². The second kappa shape index (κ2) is 4.06. The number of benzene rings is 1. The first-order chi connectivity index (χ1) is 8.27. The van der Waals surface area contributed by atoms with E-state index >= 15 is 0 Å². The van der Waals surface area contributed by atoms with Crippen molar-refractivity contribution in [2.75, 3.05) is 11.4 Å². The molecule has 3 heteroatoms. The topological polar surface area (TPSA) is 40.5 Å². The number of anilines is 1. The monoisotopic (exact) mass is 231 g/mol. The van der Waals surface area contributed by atoms with Gasteiger partial charge in [0, 0.05) is 18.3 Å². The number of carboxylic acids is 1. The van der Waals surface area contributed by atoms with Crippen LogP contribution in [0.25, 0.3) is 0 Å². The summed E-state index contributed by atoms with van der Waals surface area (Å²) in [6.07, 6.45) is 5.82. The van der Waals surface area contributed by atoms with Gasteiger partial charge in [0.05, 0.1) is 5.56 Å². The quantitative estimate of drug-likeness (QED) is 0.850. The van der Waals surface area contributed by atoms with Crippen molar-refractivity contribution in [3.63, 3.8) is 0 Å². The van der Waals surface area contributed by atoms with E-state index in [1.54, 1.807) is 6.07 Å². The normalized spacial score (nSPS) is 19.6. The Morgan fingerprint density at radius 3 is 2.76 bits per heavy atom. The fraction of sp³-hybridized carbons (Fsp3) is 0.500. The molecule has 3 rings (SSSR count). The van der Waals surface area contributed by atoms with Gasteiger partial charge in [-0.2, -0.15) is 0 Å². The third-order valence-corrected chi connectivity index (χ3v) is 4.03. The van der Waals surface area contributed by atoms with E-state index in [9.17, 15) is 9.90 Å². The maximum absolute atomic E-state index is 11.2. The zero-order chi connectivity index (χ0) is 11.8. The van der Waals surface area contributed by atoms with Gasteiger partial charge < -0.3 is 10.0 Å². The molecular weight excluding hydrogens is 214 g/mol. The Labute approximate surface area is 101 Å². The van der Waals surface area contributed by atoms with Crippen LogP contribution in [-0.4, -0.2) is 23.7 Å². The molecule has 1 aliphatic carbocycles. The summed E-state index contributed by atoms with van der Waals surface area (Å²) in [5.41, 5.74) is 2.70. The number of nitrogens with zero attached hydrogens (tertiary/aromatic N) is 1. The van der Waals surface area contributed by atoms with Crippen molar-refractivity contribution in [1.82, 2.24) is 0 Å². The number of carbonyl (C=O) groups is 1. The summed E-state index contributed by atoms with van der Waals surface area (Å²) in [5, 5.41) is 9.22. The molecule has 0 bridgehead atoms. The van der Waals surface area contributed by atoms with Gasteiger partial charge in [-0.1, -0.05) is 6.07 Å². The van der Waals surface area contributed by atoms with Crippen LogP contribution in [0.15, 0.2) is 18.2 Å². The highest BCUT2D eigenvalue weighted by molar-refractivity contribution is 5.91. The molecule has 90 valence electrons. The van der Waals surface area contributed by atoms with Crippen LogP contribution in [0.2, 0.25) is 0 Å². The standard InChI is InChI=1S/C14H17NO2/c16-14(17)12-6-2-8-13-11(12)7-3-9-15(13)10-4-1-5-10/h2,6,8,10H,1,3-5,7,9H2,(H,16,17). The van der Waals surface area contributed by atoms with E-state index < -0.39 is 5.97 Å². The smallest absolute Gasteiger partial charge is 0.336 e. The molecule has 0 saturated heterocycles. The highest BCUT2D eigenvalue weighted by Gasteiger charge is 2.30. The molecule has 17 heavy (non-hydrogen) atoms. The summed E-state index contributed by atoms with van der Waals surface area (Å²) in [6.45, 7) is 1.08. The molecule has 1 fully saturated rings. The van der Waals surface area contributed by atoms with E-state index in [4.69, 9.17) is 0 Å². The summed E-state index contributed by atoms with van der Waals surface area (Å²) in [7, 11) is 0. The molecule has 0 atom stereocenters. The molecule has 1 saturated carbocycles. The largest absolute Gasteiger partial charge is 0.478 e. The Balaban J connectivity index is 2.02. The second-order valence-corrected chi connectivity index (χ2v) is 4.99. The first kappa shape index (κ1) is 10.6. The van der Waals surface area contributed by atoms with Gasteiger partial charge in [-0.05, 0) is 49.8 Å². The zero-order valence-corrected chi connectivity index (χ0v) is 9.85. The SMILES string of the molecule is O=C(O)c1cccc2c1CCCN2C1CCC1. The Morgan fingerprint density at radius 2 is 2.12 bits per heavy atom. The second-order valence-electron chi connectivity index (χ2n) is 4.99. The molecule has 0 spiro atoms. The highest BCUT2D eigenvalue weighted by atomic mass is 16.4. The van der Waals surface area contributed by atoms with Gasteiger partial charge in [-0.15, -0.1) is 0 Å². The van der Waals surface area contributed by atoms with Crippen LogP contribution in [0.3, 0.4) is 0 Å². The lowest BCUT2D eigenvalue weighted by Gasteiger charge is -2.42. The lowest BCUT2D eigenvalue weighted by Crippen LogP contribution is -2.43. The first-order valence-corrected chi connectivity index (χ1v) is 6.39. The van der Waals surface area contributed by atoms with E-state index in [2.05, 4.69) is 11.0 Å². The Bertz CT molecular complexity index is 452. The molecule has 0 aromatic heterocycles. The minimum Gasteiger partial charge on any atom is -0.478 e. The van der Waals surface area contributed by atoms with Gasteiger partial charge in [0.1, 0.15) is 0 Å². The maximum Gasteiger partial charge on any atom is 0.336 e. The predicted octanol–water partition coefficient (Wildman–Crippen LogP) is 2.69. The first-order valence-electron chi connectivity index (χ1n) is 6.39. The fourth-order valence-electron chi connectivity index (χ4n) is 2.93. The van der Waals surface area contributed by atoms with Gasteiger partial charge in [-0.25, -0.2) is 4.79 Å².